The summed E-state index contributed by atoms with van der Waals surface area (Å²) in [6.07, 6.45) is 1.50. The Bertz CT molecular complexity index is 1400. The van der Waals surface area contributed by atoms with Crippen LogP contribution in [0.1, 0.15) is 5.56 Å². The average molecular weight is 447 g/mol. The Balaban J connectivity index is 1.70. The smallest absolute Gasteiger partial charge is 0.339 e. The fourth-order valence-corrected chi connectivity index (χ4v) is 4.01. The molecule has 0 aliphatic heterocycles. The molecule has 32 heavy (non-hydrogen) atoms. The van der Waals surface area contributed by atoms with Crippen LogP contribution in [0.15, 0.2) is 101 Å². The third kappa shape index (κ3) is 4.57. The monoisotopic (exact) mass is 447 g/mol. The van der Waals surface area contributed by atoms with Crippen molar-refractivity contribution in [2.24, 2.45) is 5.10 Å². The summed E-state index contributed by atoms with van der Waals surface area (Å²) < 4.78 is 31.0. The Morgan fingerprint density at radius 1 is 0.875 bits per heavy atom. The molecule has 0 aliphatic rings. The van der Waals surface area contributed by atoms with Gasteiger partial charge in [-0.25, -0.2) is 0 Å². The lowest BCUT2D eigenvalue weighted by Crippen LogP contribution is -2.11. The molecule has 4 aromatic rings. The molecular weight excluding hydrogens is 430 g/mol. The van der Waals surface area contributed by atoms with Crippen molar-refractivity contribution in [1.29, 1.82) is 0 Å². The summed E-state index contributed by atoms with van der Waals surface area (Å²) in [6, 6.07) is 24.5. The van der Waals surface area contributed by atoms with E-state index in [1.165, 1.54) is 6.21 Å². The summed E-state index contributed by atoms with van der Waals surface area (Å²) in [5, 5.41) is 16.7. The number of benzene rings is 4. The highest BCUT2D eigenvalue weighted by atomic mass is 32.2. The molecule has 0 saturated heterocycles. The van der Waals surface area contributed by atoms with E-state index in [-0.39, 0.29) is 16.3 Å². The number of nitro groups is 1. The Kier molecular flexibility index (Phi) is 5.82. The number of anilines is 1. The lowest BCUT2D eigenvalue weighted by atomic mass is 10.0. The van der Waals surface area contributed by atoms with Gasteiger partial charge in [0.15, 0.2) is 5.75 Å². The van der Waals surface area contributed by atoms with Crippen molar-refractivity contribution in [2.45, 2.75) is 4.90 Å². The molecule has 4 rings (SSSR count). The van der Waals surface area contributed by atoms with Gasteiger partial charge in [-0.15, -0.1) is 0 Å². The van der Waals surface area contributed by atoms with Crippen LogP contribution in [0.3, 0.4) is 0 Å². The molecule has 1 N–H and O–H groups in total. The number of nitro benzene ring substituents is 1. The van der Waals surface area contributed by atoms with Crippen molar-refractivity contribution in [1.82, 2.24) is 0 Å². The second-order valence-corrected chi connectivity index (χ2v) is 8.27. The summed E-state index contributed by atoms with van der Waals surface area (Å²) >= 11 is 0. The van der Waals surface area contributed by atoms with Gasteiger partial charge >= 0.3 is 10.1 Å². The summed E-state index contributed by atoms with van der Waals surface area (Å²) in [6.45, 7) is 0. The Morgan fingerprint density at radius 3 is 2.28 bits per heavy atom. The average Bonchev–Trinajstić information content (AvgIpc) is 2.81. The first-order valence-electron chi connectivity index (χ1n) is 9.49. The SMILES string of the molecule is O=[N+]([O-])c1ccc(S(=O)(=O)Oc2ccc3ccccc3c2/C=N/Nc2ccccc2)cc1. The highest BCUT2D eigenvalue weighted by Crippen LogP contribution is 2.29. The first-order valence-corrected chi connectivity index (χ1v) is 10.9. The van der Waals surface area contributed by atoms with Gasteiger partial charge in [0.25, 0.3) is 5.69 Å². The van der Waals surface area contributed by atoms with Crippen molar-refractivity contribution in [3.8, 4) is 5.75 Å². The molecule has 9 heteroatoms. The van der Waals surface area contributed by atoms with Crippen molar-refractivity contribution in [2.75, 3.05) is 5.43 Å². The molecule has 0 amide bonds. The molecule has 0 aromatic heterocycles. The topological polar surface area (TPSA) is 111 Å². The van der Waals surface area contributed by atoms with Crippen LogP contribution in [0.25, 0.3) is 10.8 Å². The van der Waals surface area contributed by atoms with Crippen LogP contribution in [0.2, 0.25) is 0 Å². The molecule has 160 valence electrons. The summed E-state index contributed by atoms with van der Waals surface area (Å²) in [7, 11) is -4.23. The molecule has 0 heterocycles. The quantitative estimate of drug-likeness (QED) is 0.185. The van der Waals surface area contributed by atoms with Gasteiger partial charge in [-0.2, -0.15) is 13.5 Å². The van der Waals surface area contributed by atoms with Crippen LogP contribution in [-0.4, -0.2) is 19.6 Å². The zero-order valence-electron chi connectivity index (χ0n) is 16.6. The second kappa shape index (κ2) is 8.86. The van der Waals surface area contributed by atoms with Gasteiger partial charge in [-0.05, 0) is 41.1 Å². The van der Waals surface area contributed by atoms with Crippen molar-refractivity contribution < 1.29 is 17.5 Å². The van der Waals surface area contributed by atoms with Gasteiger partial charge in [0.2, 0.25) is 0 Å². The van der Waals surface area contributed by atoms with Gasteiger partial charge in [0.1, 0.15) is 4.90 Å². The largest absolute Gasteiger partial charge is 0.378 e. The van der Waals surface area contributed by atoms with Crippen LogP contribution >= 0.6 is 0 Å². The fraction of sp³-hybridized carbons (Fsp3) is 0. The minimum absolute atomic E-state index is 0.0839. The second-order valence-electron chi connectivity index (χ2n) is 6.72. The predicted molar refractivity (Wildman–Crippen MR) is 123 cm³/mol. The Hall–Kier alpha value is -4.24. The molecule has 0 spiro atoms. The molecule has 0 aliphatic carbocycles. The molecule has 0 fully saturated rings. The maximum atomic E-state index is 12.8. The predicted octanol–water partition coefficient (Wildman–Crippen LogP) is 4.96. The molecule has 0 atom stereocenters. The van der Waals surface area contributed by atoms with E-state index in [1.807, 2.05) is 54.6 Å². The number of hydrogen-bond acceptors (Lipinski definition) is 7. The first kappa shape index (κ1) is 21.0. The number of nitrogens with zero attached hydrogens (tertiary/aromatic N) is 2. The molecule has 4 aromatic carbocycles. The fourth-order valence-electron chi connectivity index (χ4n) is 3.07. The van der Waals surface area contributed by atoms with E-state index in [0.717, 1.165) is 40.7 Å². The highest BCUT2D eigenvalue weighted by molar-refractivity contribution is 7.87. The van der Waals surface area contributed by atoms with Gasteiger partial charge < -0.3 is 4.18 Å². The van der Waals surface area contributed by atoms with E-state index in [4.69, 9.17) is 4.18 Å². The standard InChI is InChI=1S/C23H17N3O5S/c27-26(28)19-11-13-20(14-12-19)32(29,30)31-23-15-10-17-6-4-5-9-21(17)22(23)16-24-25-18-7-2-1-3-8-18/h1-16,25H/b24-16+. The van der Waals surface area contributed by atoms with Crippen molar-refractivity contribution >= 4 is 38.5 Å². The number of rotatable bonds is 7. The first-order chi connectivity index (χ1) is 15.4. The van der Waals surface area contributed by atoms with Crippen LogP contribution in [0.5, 0.6) is 5.75 Å². The van der Waals surface area contributed by atoms with Gasteiger partial charge in [-0.1, -0.05) is 48.5 Å². The number of hydrogen-bond donors (Lipinski definition) is 1. The summed E-state index contributed by atoms with van der Waals surface area (Å²) in [5.74, 6) is 0.0839. The Labute approximate surface area is 184 Å². The molecule has 0 saturated carbocycles. The molecular formula is C23H17N3O5S. The van der Waals surface area contributed by atoms with E-state index in [2.05, 4.69) is 10.5 Å². The third-order valence-electron chi connectivity index (χ3n) is 4.63. The van der Waals surface area contributed by atoms with Crippen LogP contribution in [-0.2, 0) is 10.1 Å². The zero-order valence-corrected chi connectivity index (χ0v) is 17.4. The molecule has 8 nitrogen and oxygen atoms in total. The van der Waals surface area contributed by atoms with Crippen LogP contribution in [0.4, 0.5) is 11.4 Å². The number of fused-ring (bicyclic) bond motifs is 1. The van der Waals surface area contributed by atoms with Gasteiger partial charge in [0, 0.05) is 17.7 Å². The maximum Gasteiger partial charge on any atom is 0.339 e. The minimum Gasteiger partial charge on any atom is -0.378 e. The van der Waals surface area contributed by atoms with Gasteiger partial charge in [-0.3, -0.25) is 15.5 Å². The van der Waals surface area contributed by atoms with Crippen molar-refractivity contribution in [3.05, 3.63) is 107 Å². The normalized spacial score (nSPS) is 11.5. The number of non-ortho nitro benzene ring substituents is 1. The minimum atomic E-state index is -4.23. The summed E-state index contributed by atoms with van der Waals surface area (Å²) in [5.41, 5.74) is 3.92. The molecule has 0 bridgehead atoms. The third-order valence-corrected chi connectivity index (χ3v) is 5.88. The zero-order chi connectivity index (χ0) is 22.6. The Morgan fingerprint density at radius 2 is 1.56 bits per heavy atom. The lowest BCUT2D eigenvalue weighted by molar-refractivity contribution is -0.384. The van der Waals surface area contributed by atoms with Crippen LogP contribution < -0.4 is 9.61 Å². The number of para-hydroxylation sites is 1. The number of hydrazone groups is 1. The van der Waals surface area contributed by atoms with E-state index in [0.29, 0.717) is 5.56 Å². The maximum absolute atomic E-state index is 12.8. The van der Waals surface area contributed by atoms with Crippen molar-refractivity contribution in [3.63, 3.8) is 0 Å². The summed E-state index contributed by atoms with van der Waals surface area (Å²) in [4.78, 5) is 10.0. The van der Waals surface area contributed by atoms with E-state index < -0.39 is 15.0 Å². The van der Waals surface area contributed by atoms with Crippen LogP contribution in [0, 0.1) is 10.1 Å². The van der Waals surface area contributed by atoms with E-state index in [1.54, 1.807) is 12.1 Å². The lowest BCUT2D eigenvalue weighted by Gasteiger charge is -2.12. The highest BCUT2D eigenvalue weighted by Gasteiger charge is 2.20. The molecule has 0 radical (unpaired) electrons. The van der Waals surface area contributed by atoms with E-state index >= 15 is 0 Å². The molecule has 0 unspecified atom stereocenters. The van der Waals surface area contributed by atoms with E-state index in [9.17, 15) is 18.5 Å². The number of nitrogens with one attached hydrogen (secondary N) is 1. The van der Waals surface area contributed by atoms with Gasteiger partial charge in [0.05, 0.1) is 16.8 Å².